The standard InChI is InChI=1S/C18H14N2O/c1-3-13-5-9-15(10-6-13)17-19-20-18(21-17)16-11-7-14(4-2)8-12-16/h3-12H,1-2H2. The second-order valence-corrected chi connectivity index (χ2v) is 4.56. The first-order valence-corrected chi connectivity index (χ1v) is 6.59. The molecule has 21 heavy (non-hydrogen) atoms. The quantitative estimate of drug-likeness (QED) is 0.692. The summed E-state index contributed by atoms with van der Waals surface area (Å²) in [5, 5.41) is 8.20. The summed E-state index contributed by atoms with van der Waals surface area (Å²) in [5.74, 6) is 1.02. The van der Waals surface area contributed by atoms with E-state index in [0.29, 0.717) is 11.8 Å². The smallest absolute Gasteiger partial charge is 0.248 e. The van der Waals surface area contributed by atoms with E-state index in [-0.39, 0.29) is 0 Å². The highest BCUT2D eigenvalue weighted by molar-refractivity contribution is 5.61. The first-order chi connectivity index (χ1) is 10.3. The first-order valence-electron chi connectivity index (χ1n) is 6.59. The van der Waals surface area contributed by atoms with Gasteiger partial charge in [0.05, 0.1) is 0 Å². The number of benzene rings is 2. The molecule has 0 aliphatic heterocycles. The average Bonchev–Trinajstić information content (AvgIpc) is 3.05. The molecule has 102 valence electrons. The zero-order valence-electron chi connectivity index (χ0n) is 11.5. The lowest BCUT2D eigenvalue weighted by Gasteiger charge is -1.97. The van der Waals surface area contributed by atoms with Crippen LogP contribution in [0.2, 0.25) is 0 Å². The molecule has 0 fully saturated rings. The molecule has 0 aliphatic carbocycles. The van der Waals surface area contributed by atoms with Gasteiger partial charge in [0.15, 0.2) is 0 Å². The highest BCUT2D eigenvalue weighted by Crippen LogP contribution is 2.24. The van der Waals surface area contributed by atoms with Crippen LogP contribution in [0.5, 0.6) is 0 Å². The van der Waals surface area contributed by atoms with E-state index in [1.165, 1.54) is 0 Å². The second-order valence-electron chi connectivity index (χ2n) is 4.56. The minimum absolute atomic E-state index is 0.508. The molecule has 0 radical (unpaired) electrons. The lowest BCUT2D eigenvalue weighted by molar-refractivity contribution is 0.584. The predicted octanol–water partition coefficient (Wildman–Crippen LogP) is 4.69. The van der Waals surface area contributed by atoms with Crippen LogP contribution in [0.15, 0.2) is 66.1 Å². The Morgan fingerprint density at radius 3 is 1.38 bits per heavy atom. The van der Waals surface area contributed by atoms with Gasteiger partial charge in [0.1, 0.15) is 0 Å². The molecule has 0 saturated carbocycles. The van der Waals surface area contributed by atoms with E-state index in [1.807, 2.05) is 48.5 Å². The highest BCUT2D eigenvalue weighted by atomic mass is 16.4. The summed E-state index contributed by atoms with van der Waals surface area (Å²) in [6.45, 7) is 7.47. The van der Waals surface area contributed by atoms with Gasteiger partial charge in [-0.2, -0.15) is 0 Å². The van der Waals surface area contributed by atoms with Crippen LogP contribution >= 0.6 is 0 Å². The van der Waals surface area contributed by atoms with Crippen molar-refractivity contribution in [3.05, 3.63) is 72.8 Å². The normalized spacial score (nSPS) is 10.3. The lowest BCUT2D eigenvalue weighted by atomic mass is 10.1. The number of hydrogen-bond acceptors (Lipinski definition) is 3. The molecule has 3 aromatic rings. The molecular formula is C18H14N2O. The van der Waals surface area contributed by atoms with E-state index >= 15 is 0 Å². The lowest BCUT2D eigenvalue weighted by Crippen LogP contribution is -1.78. The van der Waals surface area contributed by atoms with Crippen molar-refractivity contribution >= 4 is 12.2 Å². The summed E-state index contributed by atoms with van der Waals surface area (Å²) in [6.07, 6.45) is 3.59. The number of rotatable bonds is 4. The minimum atomic E-state index is 0.508. The van der Waals surface area contributed by atoms with Gasteiger partial charge in [-0.25, -0.2) is 0 Å². The van der Waals surface area contributed by atoms with Crippen molar-refractivity contribution in [2.45, 2.75) is 0 Å². The summed E-state index contributed by atoms with van der Waals surface area (Å²) >= 11 is 0. The van der Waals surface area contributed by atoms with Crippen LogP contribution in [0, 0.1) is 0 Å². The molecule has 0 atom stereocenters. The van der Waals surface area contributed by atoms with Crippen LogP contribution in [-0.4, -0.2) is 10.2 Å². The molecule has 1 aromatic heterocycles. The van der Waals surface area contributed by atoms with Gasteiger partial charge in [-0.05, 0) is 35.4 Å². The Kier molecular flexibility index (Phi) is 3.48. The van der Waals surface area contributed by atoms with Crippen LogP contribution in [0.1, 0.15) is 11.1 Å². The van der Waals surface area contributed by atoms with Gasteiger partial charge in [0.25, 0.3) is 0 Å². The SMILES string of the molecule is C=Cc1ccc(-c2nnc(-c3ccc(C=C)cc3)o2)cc1. The van der Waals surface area contributed by atoms with Gasteiger partial charge in [0.2, 0.25) is 11.8 Å². The van der Waals surface area contributed by atoms with Gasteiger partial charge in [-0.3, -0.25) is 0 Å². The van der Waals surface area contributed by atoms with Crippen LogP contribution in [0.25, 0.3) is 35.1 Å². The van der Waals surface area contributed by atoms with E-state index in [9.17, 15) is 0 Å². The van der Waals surface area contributed by atoms with Crippen molar-refractivity contribution in [1.82, 2.24) is 10.2 Å². The molecule has 0 saturated heterocycles. The van der Waals surface area contributed by atoms with Crippen molar-refractivity contribution in [2.24, 2.45) is 0 Å². The molecule has 3 heteroatoms. The Balaban J connectivity index is 1.90. The molecule has 0 bridgehead atoms. The fourth-order valence-electron chi connectivity index (χ4n) is 1.98. The fourth-order valence-corrected chi connectivity index (χ4v) is 1.98. The third-order valence-corrected chi connectivity index (χ3v) is 3.21. The molecule has 1 heterocycles. The largest absolute Gasteiger partial charge is 0.416 e. The number of aromatic nitrogens is 2. The molecule has 0 N–H and O–H groups in total. The topological polar surface area (TPSA) is 38.9 Å². The maximum absolute atomic E-state index is 5.73. The van der Waals surface area contributed by atoms with Crippen molar-refractivity contribution in [3.8, 4) is 22.9 Å². The molecular weight excluding hydrogens is 260 g/mol. The van der Waals surface area contributed by atoms with Crippen LogP contribution in [0.4, 0.5) is 0 Å². The fraction of sp³-hybridized carbons (Fsp3) is 0. The van der Waals surface area contributed by atoms with Gasteiger partial charge < -0.3 is 4.42 Å². The van der Waals surface area contributed by atoms with E-state index < -0.39 is 0 Å². The van der Waals surface area contributed by atoms with Crippen molar-refractivity contribution in [3.63, 3.8) is 0 Å². The van der Waals surface area contributed by atoms with Crippen molar-refractivity contribution in [2.75, 3.05) is 0 Å². The average molecular weight is 274 g/mol. The summed E-state index contributed by atoms with van der Waals surface area (Å²) in [6, 6.07) is 15.6. The predicted molar refractivity (Wildman–Crippen MR) is 85.4 cm³/mol. The Morgan fingerprint density at radius 2 is 1.05 bits per heavy atom. The zero-order chi connectivity index (χ0) is 14.7. The van der Waals surface area contributed by atoms with E-state index in [0.717, 1.165) is 22.3 Å². The minimum Gasteiger partial charge on any atom is -0.416 e. The van der Waals surface area contributed by atoms with Gasteiger partial charge >= 0.3 is 0 Å². The second kappa shape index (κ2) is 5.59. The van der Waals surface area contributed by atoms with Gasteiger partial charge in [0, 0.05) is 11.1 Å². The first kappa shape index (κ1) is 13.1. The van der Waals surface area contributed by atoms with E-state index in [2.05, 4.69) is 23.4 Å². The van der Waals surface area contributed by atoms with Gasteiger partial charge in [-0.1, -0.05) is 49.6 Å². The van der Waals surface area contributed by atoms with E-state index in [4.69, 9.17) is 4.42 Å². The Bertz CT molecular complexity index is 702. The summed E-state index contributed by atoms with van der Waals surface area (Å²) in [4.78, 5) is 0. The van der Waals surface area contributed by atoms with Crippen molar-refractivity contribution in [1.29, 1.82) is 0 Å². The van der Waals surface area contributed by atoms with Crippen LogP contribution < -0.4 is 0 Å². The molecule has 0 unspecified atom stereocenters. The summed E-state index contributed by atoms with van der Waals surface area (Å²) < 4.78 is 5.73. The van der Waals surface area contributed by atoms with Crippen LogP contribution in [-0.2, 0) is 0 Å². The third-order valence-electron chi connectivity index (χ3n) is 3.21. The van der Waals surface area contributed by atoms with Gasteiger partial charge in [-0.15, -0.1) is 10.2 Å². The molecule has 3 nitrogen and oxygen atoms in total. The maximum Gasteiger partial charge on any atom is 0.248 e. The van der Waals surface area contributed by atoms with Crippen molar-refractivity contribution < 1.29 is 4.42 Å². The molecule has 0 aliphatic rings. The third kappa shape index (κ3) is 2.67. The van der Waals surface area contributed by atoms with Crippen LogP contribution in [0.3, 0.4) is 0 Å². The Morgan fingerprint density at radius 1 is 0.667 bits per heavy atom. The maximum atomic E-state index is 5.73. The monoisotopic (exact) mass is 274 g/mol. The Labute approximate surface area is 123 Å². The highest BCUT2D eigenvalue weighted by Gasteiger charge is 2.10. The summed E-state index contributed by atoms with van der Waals surface area (Å²) in [5.41, 5.74) is 3.89. The zero-order valence-corrected chi connectivity index (χ0v) is 11.5. The summed E-state index contributed by atoms with van der Waals surface area (Å²) in [7, 11) is 0. The molecule has 0 amide bonds. The molecule has 3 rings (SSSR count). The Hall–Kier alpha value is -2.94. The number of nitrogens with zero attached hydrogens (tertiary/aromatic N) is 2. The molecule has 0 spiro atoms. The van der Waals surface area contributed by atoms with E-state index in [1.54, 1.807) is 12.2 Å². The number of hydrogen-bond donors (Lipinski definition) is 0. The molecule has 2 aromatic carbocycles.